The molecule has 3 rings (SSSR count). The molecular weight excluding hydrogens is 545 g/mol. The number of anilines is 1. The van der Waals surface area contributed by atoms with Crippen molar-refractivity contribution in [1.82, 2.24) is 10.2 Å². The minimum Gasteiger partial charge on any atom is -0.494 e. The van der Waals surface area contributed by atoms with Crippen molar-refractivity contribution < 1.29 is 27.1 Å². The maximum atomic E-state index is 13.9. The van der Waals surface area contributed by atoms with Gasteiger partial charge in [0.1, 0.15) is 24.2 Å². The molecule has 0 bridgehead atoms. The van der Waals surface area contributed by atoms with Crippen molar-refractivity contribution >= 4 is 27.5 Å². The first kappa shape index (κ1) is 31.6. The normalized spacial score (nSPS) is 12.4. The number of carbonyl (C=O) groups is 2. The van der Waals surface area contributed by atoms with Crippen molar-refractivity contribution in [3.8, 4) is 5.75 Å². The second-order valence-corrected chi connectivity index (χ2v) is 12.7. The van der Waals surface area contributed by atoms with Gasteiger partial charge in [-0.15, -0.1) is 0 Å². The van der Waals surface area contributed by atoms with Gasteiger partial charge in [-0.05, 0) is 95.6 Å². The lowest BCUT2D eigenvalue weighted by Gasteiger charge is -2.33. The number of hydrogen-bond donors (Lipinski definition) is 1. The van der Waals surface area contributed by atoms with Crippen LogP contribution in [-0.2, 0) is 26.2 Å². The number of hydrogen-bond acceptors (Lipinski definition) is 5. The highest BCUT2D eigenvalue weighted by molar-refractivity contribution is 7.92. The number of nitrogens with one attached hydrogen (secondary N) is 1. The SMILES string of the molecule is CCOc1ccc(S(=O)(=O)N(CC(=O)N(Cc2ccc(C)cc2)C(C)C(=O)NC(C)(C)C)c2ccc(F)cc2)cc1. The van der Waals surface area contributed by atoms with Crippen molar-refractivity contribution in [2.75, 3.05) is 17.5 Å². The molecule has 0 aliphatic heterocycles. The Balaban J connectivity index is 2.02. The number of carbonyl (C=O) groups excluding carboxylic acids is 2. The molecule has 2 amide bonds. The van der Waals surface area contributed by atoms with Gasteiger partial charge in [0.15, 0.2) is 0 Å². The van der Waals surface area contributed by atoms with Gasteiger partial charge in [-0.2, -0.15) is 0 Å². The van der Waals surface area contributed by atoms with Gasteiger partial charge in [-0.1, -0.05) is 29.8 Å². The molecule has 10 heteroatoms. The number of aryl methyl sites for hydroxylation is 1. The highest BCUT2D eigenvalue weighted by Crippen LogP contribution is 2.26. The summed E-state index contributed by atoms with van der Waals surface area (Å²) in [6.07, 6.45) is 0. The van der Waals surface area contributed by atoms with Gasteiger partial charge in [-0.3, -0.25) is 13.9 Å². The summed E-state index contributed by atoms with van der Waals surface area (Å²) in [6, 6.07) is 17.3. The predicted octanol–water partition coefficient (Wildman–Crippen LogP) is 5.06. The molecule has 0 aliphatic rings. The first-order valence-electron chi connectivity index (χ1n) is 13.4. The van der Waals surface area contributed by atoms with Crippen LogP contribution in [0.3, 0.4) is 0 Å². The van der Waals surface area contributed by atoms with Crippen LogP contribution in [0, 0.1) is 12.7 Å². The summed E-state index contributed by atoms with van der Waals surface area (Å²) in [5, 5.41) is 2.89. The lowest BCUT2D eigenvalue weighted by molar-refractivity contribution is -0.140. The first-order valence-corrected chi connectivity index (χ1v) is 14.8. The maximum Gasteiger partial charge on any atom is 0.264 e. The Morgan fingerprint density at radius 2 is 1.54 bits per heavy atom. The number of sulfonamides is 1. The second kappa shape index (κ2) is 13.2. The molecule has 0 aromatic heterocycles. The van der Waals surface area contributed by atoms with Crippen molar-refractivity contribution in [3.05, 3.63) is 89.7 Å². The van der Waals surface area contributed by atoms with Gasteiger partial charge in [0.25, 0.3) is 10.0 Å². The maximum absolute atomic E-state index is 13.9. The molecule has 0 heterocycles. The van der Waals surface area contributed by atoms with Crippen LogP contribution in [0.5, 0.6) is 5.75 Å². The molecule has 0 aliphatic carbocycles. The van der Waals surface area contributed by atoms with E-state index in [2.05, 4.69) is 5.32 Å². The van der Waals surface area contributed by atoms with Crippen LogP contribution < -0.4 is 14.4 Å². The summed E-state index contributed by atoms with van der Waals surface area (Å²) < 4.78 is 47.9. The van der Waals surface area contributed by atoms with E-state index in [1.54, 1.807) is 6.92 Å². The zero-order chi connectivity index (χ0) is 30.4. The summed E-state index contributed by atoms with van der Waals surface area (Å²) in [6.45, 7) is 10.8. The monoisotopic (exact) mass is 583 g/mol. The fourth-order valence-electron chi connectivity index (χ4n) is 4.08. The quantitative estimate of drug-likeness (QED) is 0.341. The molecule has 1 unspecified atom stereocenters. The minimum absolute atomic E-state index is 0.0679. The molecule has 220 valence electrons. The molecule has 0 saturated heterocycles. The van der Waals surface area contributed by atoms with Gasteiger partial charge < -0.3 is 15.0 Å². The Kier molecular flexibility index (Phi) is 10.1. The van der Waals surface area contributed by atoms with Crippen LogP contribution in [-0.4, -0.2) is 49.9 Å². The Labute approximate surface area is 242 Å². The summed E-state index contributed by atoms with van der Waals surface area (Å²) in [7, 11) is -4.27. The topological polar surface area (TPSA) is 96.0 Å². The largest absolute Gasteiger partial charge is 0.494 e. The number of halogens is 1. The third-order valence-corrected chi connectivity index (χ3v) is 8.04. The van der Waals surface area contributed by atoms with Gasteiger partial charge in [0.05, 0.1) is 17.2 Å². The molecule has 3 aromatic rings. The van der Waals surface area contributed by atoms with E-state index >= 15 is 0 Å². The molecule has 0 saturated carbocycles. The Morgan fingerprint density at radius 3 is 2.07 bits per heavy atom. The number of benzene rings is 3. The van der Waals surface area contributed by atoms with E-state index in [1.165, 1.54) is 41.3 Å². The highest BCUT2D eigenvalue weighted by atomic mass is 32.2. The predicted molar refractivity (Wildman–Crippen MR) is 158 cm³/mol. The average Bonchev–Trinajstić information content (AvgIpc) is 2.91. The minimum atomic E-state index is -4.27. The van der Waals surface area contributed by atoms with Gasteiger partial charge >= 0.3 is 0 Å². The van der Waals surface area contributed by atoms with E-state index in [4.69, 9.17) is 4.74 Å². The first-order chi connectivity index (χ1) is 19.2. The van der Waals surface area contributed by atoms with Crippen LogP contribution in [0.2, 0.25) is 0 Å². The summed E-state index contributed by atoms with van der Waals surface area (Å²) in [4.78, 5) is 28.4. The van der Waals surface area contributed by atoms with E-state index in [1.807, 2.05) is 58.9 Å². The van der Waals surface area contributed by atoms with Crippen LogP contribution >= 0.6 is 0 Å². The molecule has 3 aromatic carbocycles. The molecule has 8 nitrogen and oxygen atoms in total. The van der Waals surface area contributed by atoms with Gasteiger partial charge in [0, 0.05) is 12.1 Å². The van der Waals surface area contributed by atoms with E-state index in [0.717, 1.165) is 27.6 Å². The fourth-order valence-corrected chi connectivity index (χ4v) is 5.50. The molecule has 0 radical (unpaired) electrons. The Morgan fingerprint density at radius 1 is 0.951 bits per heavy atom. The molecular formula is C31H38FN3O5S. The number of amides is 2. The summed E-state index contributed by atoms with van der Waals surface area (Å²) >= 11 is 0. The molecule has 1 N–H and O–H groups in total. The van der Waals surface area contributed by atoms with Gasteiger partial charge in [-0.25, -0.2) is 12.8 Å². The Hall–Kier alpha value is -3.92. The van der Waals surface area contributed by atoms with Crippen LogP contribution in [0.4, 0.5) is 10.1 Å². The van der Waals surface area contributed by atoms with E-state index < -0.39 is 39.9 Å². The highest BCUT2D eigenvalue weighted by Gasteiger charge is 2.33. The lowest BCUT2D eigenvalue weighted by atomic mass is 10.1. The summed E-state index contributed by atoms with van der Waals surface area (Å²) in [5.41, 5.74) is 1.38. The van der Waals surface area contributed by atoms with Crippen molar-refractivity contribution in [3.63, 3.8) is 0 Å². The van der Waals surface area contributed by atoms with Crippen LogP contribution in [0.15, 0.2) is 77.7 Å². The van der Waals surface area contributed by atoms with Crippen LogP contribution in [0.25, 0.3) is 0 Å². The van der Waals surface area contributed by atoms with E-state index in [9.17, 15) is 22.4 Å². The zero-order valence-corrected chi connectivity index (χ0v) is 25.2. The average molecular weight is 584 g/mol. The zero-order valence-electron chi connectivity index (χ0n) is 24.3. The number of rotatable bonds is 11. The third-order valence-electron chi connectivity index (χ3n) is 6.26. The standard InChI is InChI=1S/C31H38FN3O5S/c1-7-40-27-16-18-28(19-17-27)41(38,39)35(26-14-12-25(32)13-15-26)21-29(36)34(20-24-10-8-22(2)9-11-24)23(3)30(37)33-31(4,5)6/h8-19,23H,7,20-21H2,1-6H3,(H,33,37). The van der Waals surface area contributed by atoms with Crippen LogP contribution in [0.1, 0.15) is 45.7 Å². The number of ether oxygens (including phenoxy) is 1. The molecule has 0 spiro atoms. The second-order valence-electron chi connectivity index (χ2n) is 10.8. The van der Waals surface area contributed by atoms with Gasteiger partial charge in [0.2, 0.25) is 11.8 Å². The summed E-state index contributed by atoms with van der Waals surface area (Å²) in [5.74, 6) is -1.02. The van der Waals surface area contributed by atoms with Crippen molar-refractivity contribution in [2.24, 2.45) is 0 Å². The van der Waals surface area contributed by atoms with E-state index in [0.29, 0.717) is 12.4 Å². The smallest absolute Gasteiger partial charge is 0.264 e. The molecule has 1 atom stereocenters. The fraction of sp³-hybridized carbons (Fsp3) is 0.355. The van der Waals surface area contributed by atoms with Crippen molar-refractivity contribution in [2.45, 2.75) is 64.6 Å². The Bertz CT molecular complexity index is 1440. The molecule has 0 fully saturated rings. The van der Waals surface area contributed by atoms with Crippen molar-refractivity contribution in [1.29, 1.82) is 0 Å². The lowest BCUT2D eigenvalue weighted by Crippen LogP contribution is -2.54. The molecule has 41 heavy (non-hydrogen) atoms. The third kappa shape index (κ3) is 8.53. The van der Waals surface area contributed by atoms with E-state index in [-0.39, 0.29) is 23.0 Å². The number of nitrogens with zero attached hydrogens (tertiary/aromatic N) is 2.